The van der Waals surface area contributed by atoms with Crippen molar-refractivity contribution >= 4 is 17.3 Å². The van der Waals surface area contributed by atoms with Crippen molar-refractivity contribution in [2.75, 3.05) is 18.0 Å². The number of carboxylic acid groups (broad SMARTS) is 1. The molecule has 1 saturated heterocycles. The van der Waals surface area contributed by atoms with E-state index >= 15 is 0 Å². The van der Waals surface area contributed by atoms with Crippen LogP contribution < -0.4 is 4.90 Å². The maximum atomic E-state index is 10.7. The lowest BCUT2D eigenvalue weighted by atomic mass is 9.98. The fourth-order valence-electron chi connectivity index (χ4n) is 1.83. The molecule has 7 heteroatoms. The SMILES string of the molecule is N#Cc1cc([N+](=O)[O-])ccc1N1CC(C(=O)O)C1. The largest absolute Gasteiger partial charge is 0.481 e. The van der Waals surface area contributed by atoms with Crippen LogP contribution in [0.4, 0.5) is 11.4 Å². The average Bonchev–Trinajstić information content (AvgIpc) is 2.26. The quantitative estimate of drug-likeness (QED) is 0.630. The molecular weight excluding hydrogens is 238 g/mol. The Morgan fingerprint density at radius 1 is 1.56 bits per heavy atom. The van der Waals surface area contributed by atoms with Crippen molar-refractivity contribution in [3.05, 3.63) is 33.9 Å². The zero-order chi connectivity index (χ0) is 13.3. The summed E-state index contributed by atoms with van der Waals surface area (Å²) < 4.78 is 0. The molecule has 1 aliphatic heterocycles. The predicted molar refractivity (Wildman–Crippen MR) is 61.2 cm³/mol. The molecule has 0 unspecified atom stereocenters. The first kappa shape index (κ1) is 11.9. The lowest BCUT2D eigenvalue weighted by Gasteiger charge is -2.38. The highest BCUT2D eigenvalue weighted by atomic mass is 16.6. The Morgan fingerprint density at radius 2 is 2.22 bits per heavy atom. The molecular formula is C11H9N3O4. The van der Waals surface area contributed by atoms with Gasteiger partial charge in [-0.15, -0.1) is 0 Å². The highest BCUT2D eigenvalue weighted by molar-refractivity contribution is 5.76. The van der Waals surface area contributed by atoms with Crippen LogP contribution in [0, 0.1) is 27.4 Å². The molecule has 0 saturated carbocycles. The molecule has 0 aliphatic carbocycles. The second-order valence-corrected chi connectivity index (χ2v) is 4.01. The zero-order valence-electron chi connectivity index (χ0n) is 9.24. The molecule has 0 radical (unpaired) electrons. The van der Waals surface area contributed by atoms with Gasteiger partial charge < -0.3 is 10.0 Å². The van der Waals surface area contributed by atoms with Crippen LogP contribution in [0.25, 0.3) is 0 Å². The van der Waals surface area contributed by atoms with Crippen molar-refractivity contribution in [1.82, 2.24) is 0 Å². The Balaban J connectivity index is 2.23. The number of nitro groups is 1. The number of rotatable bonds is 3. The van der Waals surface area contributed by atoms with Gasteiger partial charge in [-0.3, -0.25) is 14.9 Å². The zero-order valence-corrected chi connectivity index (χ0v) is 9.24. The van der Waals surface area contributed by atoms with Crippen molar-refractivity contribution in [2.24, 2.45) is 5.92 Å². The van der Waals surface area contributed by atoms with E-state index in [1.54, 1.807) is 4.90 Å². The minimum absolute atomic E-state index is 0.148. The van der Waals surface area contributed by atoms with Crippen LogP contribution in [0.3, 0.4) is 0 Å². The number of nitrogens with zero attached hydrogens (tertiary/aromatic N) is 3. The number of nitriles is 1. The van der Waals surface area contributed by atoms with Crippen molar-refractivity contribution in [2.45, 2.75) is 0 Å². The molecule has 0 bridgehead atoms. The fraction of sp³-hybridized carbons (Fsp3) is 0.273. The van der Waals surface area contributed by atoms with Gasteiger partial charge in [0.1, 0.15) is 6.07 Å². The summed E-state index contributed by atoms with van der Waals surface area (Å²) in [5, 5.41) is 28.3. The molecule has 7 nitrogen and oxygen atoms in total. The molecule has 1 heterocycles. The first-order valence-electron chi connectivity index (χ1n) is 5.19. The molecule has 1 aromatic carbocycles. The van der Waals surface area contributed by atoms with Gasteiger partial charge in [0.05, 0.1) is 22.1 Å². The lowest BCUT2D eigenvalue weighted by molar-refractivity contribution is -0.384. The Morgan fingerprint density at radius 3 is 2.72 bits per heavy atom. The monoisotopic (exact) mass is 247 g/mol. The summed E-state index contributed by atoms with van der Waals surface area (Å²) in [6.45, 7) is 0.643. The summed E-state index contributed by atoms with van der Waals surface area (Å²) in [6.07, 6.45) is 0. The Bertz CT molecular complexity index is 558. The number of anilines is 1. The average molecular weight is 247 g/mol. The molecule has 1 fully saturated rings. The number of carbonyl (C=O) groups is 1. The van der Waals surface area contributed by atoms with Crippen LogP contribution >= 0.6 is 0 Å². The standard InChI is InChI=1S/C11H9N3O4/c12-4-7-3-9(14(17)18)1-2-10(7)13-5-8(6-13)11(15)16/h1-3,8H,5-6H2,(H,15,16). The van der Waals surface area contributed by atoms with Crippen LogP contribution in [0.2, 0.25) is 0 Å². The van der Waals surface area contributed by atoms with E-state index in [2.05, 4.69) is 0 Å². The van der Waals surface area contributed by atoms with Gasteiger partial charge in [0.25, 0.3) is 5.69 Å². The van der Waals surface area contributed by atoms with Crippen molar-refractivity contribution in [3.63, 3.8) is 0 Å². The molecule has 0 atom stereocenters. The number of hydrogen-bond donors (Lipinski definition) is 1. The van der Waals surface area contributed by atoms with Gasteiger partial charge in [-0.25, -0.2) is 0 Å². The third-order valence-electron chi connectivity index (χ3n) is 2.88. The summed E-state index contributed by atoms with van der Waals surface area (Å²) in [4.78, 5) is 22.4. The van der Waals surface area contributed by atoms with Gasteiger partial charge in [0, 0.05) is 25.2 Å². The fourth-order valence-corrected chi connectivity index (χ4v) is 1.83. The number of nitro benzene ring substituents is 1. The topological polar surface area (TPSA) is 107 Å². The Kier molecular flexibility index (Phi) is 2.85. The maximum Gasteiger partial charge on any atom is 0.310 e. The third kappa shape index (κ3) is 1.96. The van der Waals surface area contributed by atoms with Crippen molar-refractivity contribution in [1.29, 1.82) is 5.26 Å². The molecule has 1 aliphatic rings. The molecule has 0 spiro atoms. The number of aliphatic carboxylic acids is 1. The predicted octanol–water partition coefficient (Wildman–Crippen LogP) is 0.987. The van der Waals surface area contributed by atoms with E-state index in [0.29, 0.717) is 18.8 Å². The van der Waals surface area contributed by atoms with Gasteiger partial charge >= 0.3 is 5.97 Å². The van der Waals surface area contributed by atoms with Crippen LogP contribution in [0.15, 0.2) is 18.2 Å². The van der Waals surface area contributed by atoms with E-state index in [1.165, 1.54) is 18.2 Å². The van der Waals surface area contributed by atoms with Gasteiger partial charge in [-0.2, -0.15) is 5.26 Å². The van der Waals surface area contributed by atoms with Crippen LogP contribution in [0.5, 0.6) is 0 Å². The van der Waals surface area contributed by atoms with E-state index in [0.717, 1.165) is 0 Å². The molecule has 2 rings (SSSR count). The van der Waals surface area contributed by atoms with Gasteiger partial charge in [0.2, 0.25) is 0 Å². The first-order valence-corrected chi connectivity index (χ1v) is 5.19. The highest BCUT2D eigenvalue weighted by Crippen LogP contribution is 2.30. The van der Waals surface area contributed by atoms with Gasteiger partial charge in [-0.1, -0.05) is 0 Å². The van der Waals surface area contributed by atoms with Gasteiger partial charge in [-0.05, 0) is 6.07 Å². The van der Waals surface area contributed by atoms with Crippen molar-refractivity contribution in [3.8, 4) is 6.07 Å². The minimum Gasteiger partial charge on any atom is -0.481 e. The second-order valence-electron chi connectivity index (χ2n) is 4.01. The number of benzene rings is 1. The number of non-ortho nitro benzene ring substituents is 1. The highest BCUT2D eigenvalue weighted by Gasteiger charge is 2.34. The van der Waals surface area contributed by atoms with Crippen LogP contribution in [-0.2, 0) is 4.79 Å². The third-order valence-corrected chi connectivity index (χ3v) is 2.88. The second kappa shape index (κ2) is 4.33. The molecule has 1 aromatic rings. The van der Waals surface area contributed by atoms with Crippen molar-refractivity contribution < 1.29 is 14.8 Å². The summed E-state index contributed by atoms with van der Waals surface area (Å²) in [5.74, 6) is -1.31. The van der Waals surface area contributed by atoms with E-state index in [-0.39, 0.29) is 11.3 Å². The minimum atomic E-state index is -0.869. The summed E-state index contributed by atoms with van der Waals surface area (Å²) in [5.41, 5.74) is 0.583. The summed E-state index contributed by atoms with van der Waals surface area (Å²) in [6, 6.07) is 5.88. The smallest absolute Gasteiger partial charge is 0.310 e. The molecule has 0 amide bonds. The molecule has 92 valence electrons. The first-order chi connectivity index (χ1) is 8.52. The van der Waals surface area contributed by atoms with E-state index < -0.39 is 16.8 Å². The Labute approximate surface area is 102 Å². The van der Waals surface area contributed by atoms with Crippen LogP contribution in [-0.4, -0.2) is 29.1 Å². The molecule has 0 aromatic heterocycles. The maximum absolute atomic E-state index is 10.7. The normalized spacial score (nSPS) is 14.7. The van der Waals surface area contributed by atoms with E-state index in [4.69, 9.17) is 10.4 Å². The van der Waals surface area contributed by atoms with E-state index in [9.17, 15) is 14.9 Å². The molecule has 1 N–H and O–H groups in total. The summed E-state index contributed by atoms with van der Waals surface area (Å²) >= 11 is 0. The number of hydrogen-bond acceptors (Lipinski definition) is 5. The lowest BCUT2D eigenvalue weighted by Crippen LogP contribution is -2.50. The van der Waals surface area contributed by atoms with E-state index in [1.807, 2.05) is 6.07 Å². The number of carboxylic acids is 1. The van der Waals surface area contributed by atoms with Crippen LogP contribution in [0.1, 0.15) is 5.56 Å². The molecule has 18 heavy (non-hydrogen) atoms. The van der Waals surface area contributed by atoms with Gasteiger partial charge in [0.15, 0.2) is 0 Å². The Hall–Kier alpha value is -2.62. The summed E-state index contributed by atoms with van der Waals surface area (Å²) in [7, 11) is 0.